The van der Waals surface area contributed by atoms with Gasteiger partial charge in [-0.05, 0) is 134 Å². The summed E-state index contributed by atoms with van der Waals surface area (Å²) in [4.78, 5) is 0. The highest BCUT2D eigenvalue weighted by atomic mass is 28.5. The molecule has 40 heavy (non-hydrogen) atoms. The van der Waals surface area contributed by atoms with Gasteiger partial charge in [-0.15, -0.1) is 0 Å². The van der Waals surface area contributed by atoms with E-state index in [9.17, 15) is 0 Å². The molecule has 0 aliphatic rings. The van der Waals surface area contributed by atoms with Crippen molar-refractivity contribution in [2.45, 2.75) is 93.2 Å². The lowest BCUT2D eigenvalue weighted by molar-refractivity contribution is 0.374. The van der Waals surface area contributed by atoms with Gasteiger partial charge in [0, 0.05) is 13.1 Å². The number of hydrogen-bond donors (Lipinski definition) is 0. The SMILES string of the molecule is CCN(CC)[SiH2]N([Si](C)(C)N(C)C)[Si](C)(C)N(C)CCN(C)[Si](C)(C)N([Si](C)(C)N(C)C)[Si](C)(C)N(CC)CC. The van der Waals surface area contributed by atoms with Gasteiger partial charge in [0.15, 0.2) is 51.8 Å². The van der Waals surface area contributed by atoms with Gasteiger partial charge in [-0.25, -0.2) is 0 Å². The van der Waals surface area contributed by atoms with Gasteiger partial charge in [-0.3, -0.25) is 0 Å². The van der Waals surface area contributed by atoms with Crippen LogP contribution in [0.4, 0.5) is 0 Å². The number of rotatable bonds is 19. The molecule has 242 valence electrons. The molecular formula is C26H74N8Si6. The molecule has 0 aromatic heterocycles. The zero-order valence-electron chi connectivity index (χ0n) is 31.0. The Morgan fingerprint density at radius 2 is 0.825 bits per heavy atom. The first-order valence-corrected chi connectivity index (χ1v) is 31.5. The molecule has 0 aliphatic heterocycles. The minimum atomic E-state index is -1.93. The van der Waals surface area contributed by atoms with E-state index in [0.717, 1.165) is 26.2 Å². The van der Waals surface area contributed by atoms with E-state index in [-0.39, 0.29) is 0 Å². The summed E-state index contributed by atoms with van der Waals surface area (Å²) in [5.74, 6) is 0. The third-order valence-electron chi connectivity index (χ3n) is 10.6. The van der Waals surface area contributed by atoms with E-state index in [1.165, 1.54) is 13.1 Å². The lowest BCUT2D eigenvalue weighted by atomic mass is 10.6. The van der Waals surface area contributed by atoms with Crippen LogP contribution in [0.3, 0.4) is 0 Å². The molecule has 8 nitrogen and oxygen atoms in total. The summed E-state index contributed by atoms with van der Waals surface area (Å²) in [6.07, 6.45) is 0. The van der Waals surface area contributed by atoms with Crippen LogP contribution >= 0.6 is 0 Å². The van der Waals surface area contributed by atoms with Crippen molar-refractivity contribution >= 4 is 51.8 Å². The van der Waals surface area contributed by atoms with E-state index in [1.807, 2.05) is 0 Å². The zero-order chi connectivity index (χ0) is 32.1. The van der Waals surface area contributed by atoms with Gasteiger partial charge >= 0.3 is 0 Å². The summed E-state index contributed by atoms with van der Waals surface area (Å²) >= 11 is 0. The fraction of sp³-hybridized carbons (Fsp3) is 1.00. The van der Waals surface area contributed by atoms with E-state index in [2.05, 4.69) is 171 Å². The Hall–Kier alpha value is 0.981. The Morgan fingerprint density at radius 3 is 1.15 bits per heavy atom. The molecular weight excluding hydrogens is 593 g/mol. The fourth-order valence-corrected chi connectivity index (χ4v) is 43.2. The maximum Gasteiger partial charge on any atom is 0.189 e. The van der Waals surface area contributed by atoms with Crippen molar-refractivity contribution in [3.63, 3.8) is 0 Å². The number of hydrogen-bond acceptors (Lipinski definition) is 8. The number of nitrogens with zero attached hydrogens (tertiary/aromatic N) is 8. The molecule has 0 N–H and O–H groups in total. The van der Waals surface area contributed by atoms with Crippen LogP contribution in [0.5, 0.6) is 0 Å². The molecule has 0 fully saturated rings. The molecule has 0 aromatic rings. The van der Waals surface area contributed by atoms with Gasteiger partial charge in [0.2, 0.25) is 0 Å². The lowest BCUT2D eigenvalue weighted by Crippen LogP contribution is -2.83. The van der Waals surface area contributed by atoms with Crippen LogP contribution < -0.4 is 0 Å². The average molecular weight is 667 g/mol. The average Bonchev–Trinajstić information content (AvgIpc) is 2.82. The molecule has 0 saturated carbocycles. The molecule has 0 rings (SSSR count). The summed E-state index contributed by atoms with van der Waals surface area (Å²) in [6.45, 7) is 42.3. The van der Waals surface area contributed by atoms with Crippen LogP contribution in [0.15, 0.2) is 0 Å². The van der Waals surface area contributed by atoms with Crippen molar-refractivity contribution in [2.24, 2.45) is 0 Å². The van der Waals surface area contributed by atoms with Crippen LogP contribution in [0.1, 0.15) is 27.7 Å². The monoisotopic (exact) mass is 666 g/mol. The standard InChI is InChI=1S/C26H74N8Si6/c1-21-31(22-2)35-33(36(11,12)27(5)6)38(15,16)29(9)25-26-30(10)39(17,18)34(37(13,14)28(7)8)40(19,20)32(23-3)24-4/h21-26,35H2,1-20H3. The van der Waals surface area contributed by atoms with Gasteiger partial charge in [0.1, 0.15) is 0 Å². The molecule has 0 spiro atoms. The molecule has 0 aromatic carbocycles. The van der Waals surface area contributed by atoms with Crippen molar-refractivity contribution in [1.29, 1.82) is 0 Å². The minimum absolute atomic E-state index is 0.499. The molecule has 0 saturated heterocycles. The van der Waals surface area contributed by atoms with Crippen LogP contribution in [-0.2, 0) is 0 Å². The Kier molecular flexibility index (Phi) is 16.2. The van der Waals surface area contributed by atoms with Gasteiger partial charge in [0.25, 0.3) is 0 Å². The van der Waals surface area contributed by atoms with Crippen LogP contribution in [0, 0.1) is 0 Å². The summed E-state index contributed by atoms with van der Waals surface area (Å²) in [6, 6.07) is 0. The van der Waals surface area contributed by atoms with E-state index in [1.54, 1.807) is 0 Å². The largest absolute Gasteiger partial charge is 0.337 e. The molecule has 0 heterocycles. The van der Waals surface area contributed by atoms with Crippen molar-refractivity contribution < 1.29 is 0 Å². The maximum absolute atomic E-state index is 3.16. The summed E-state index contributed by atoms with van der Waals surface area (Å²) in [7, 11) is 4.54. The summed E-state index contributed by atoms with van der Waals surface area (Å²) < 4.78 is 22.6. The molecule has 0 bridgehead atoms. The lowest BCUT2D eigenvalue weighted by Gasteiger charge is -2.61. The molecule has 14 heteroatoms. The third kappa shape index (κ3) is 9.25. The van der Waals surface area contributed by atoms with Gasteiger partial charge in [-0.1, -0.05) is 27.7 Å². The highest BCUT2D eigenvalue weighted by molar-refractivity contribution is 7.02. The van der Waals surface area contributed by atoms with Gasteiger partial charge in [-0.2, -0.15) is 0 Å². The Balaban J connectivity index is 6.31. The first-order valence-electron chi connectivity index (χ1n) is 15.8. The van der Waals surface area contributed by atoms with Crippen molar-refractivity contribution in [1.82, 2.24) is 35.2 Å². The Bertz CT molecular complexity index is 743. The molecule has 0 unspecified atom stereocenters. The first-order chi connectivity index (χ1) is 17.9. The number of likely N-dealkylation sites (N-methyl/N-ethyl adjacent to an activating group) is 2. The zero-order valence-corrected chi connectivity index (χ0v) is 37.4. The highest BCUT2D eigenvalue weighted by Gasteiger charge is 2.54. The molecule has 0 atom stereocenters. The van der Waals surface area contributed by atoms with E-state index < -0.39 is 51.8 Å². The van der Waals surface area contributed by atoms with Gasteiger partial charge in [0.05, 0.1) is 0 Å². The topological polar surface area (TPSA) is 25.9 Å². The van der Waals surface area contributed by atoms with E-state index >= 15 is 0 Å². The predicted molar refractivity (Wildman–Crippen MR) is 198 cm³/mol. The van der Waals surface area contributed by atoms with Crippen LogP contribution in [0.2, 0.25) is 65.5 Å². The second kappa shape index (κ2) is 15.8. The van der Waals surface area contributed by atoms with Gasteiger partial charge < -0.3 is 35.2 Å². The summed E-state index contributed by atoms with van der Waals surface area (Å²) in [5.41, 5.74) is 0. The minimum Gasteiger partial charge on any atom is -0.337 e. The maximum atomic E-state index is 3.16. The predicted octanol–water partition coefficient (Wildman–Crippen LogP) is 3.77. The van der Waals surface area contributed by atoms with Crippen molar-refractivity contribution in [2.75, 3.05) is 81.6 Å². The quantitative estimate of drug-likeness (QED) is 0.193. The Morgan fingerprint density at radius 1 is 0.450 bits per heavy atom. The normalized spacial score (nSPS) is 15.3. The fourth-order valence-electron chi connectivity index (χ4n) is 6.45. The first kappa shape index (κ1) is 41.0. The van der Waals surface area contributed by atoms with Crippen molar-refractivity contribution in [3.05, 3.63) is 0 Å². The smallest absolute Gasteiger partial charge is 0.189 e. The van der Waals surface area contributed by atoms with Crippen molar-refractivity contribution in [3.8, 4) is 0 Å². The molecule has 0 amide bonds. The second-order valence-electron chi connectivity index (χ2n) is 14.5. The molecule has 0 radical (unpaired) electrons. The Labute approximate surface area is 260 Å². The third-order valence-corrected chi connectivity index (χ3v) is 47.4. The summed E-state index contributed by atoms with van der Waals surface area (Å²) in [5, 5.41) is 0. The van der Waals surface area contributed by atoms with Crippen LogP contribution in [0.25, 0.3) is 0 Å². The van der Waals surface area contributed by atoms with E-state index in [0.29, 0.717) is 0 Å². The van der Waals surface area contributed by atoms with Crippen LogP contribution in [-0.4, -0.2) is 169 Å². The molecule has 0 aliphatic carbocycles. The van der Waals surface area contributed by atoms with E-state index in [4.69, 9.17) is 0 Å². The second-order valence-corrected chi connectivity index (χ2v) is 40.7. The highest BCUT2D eigenvalue weighted by Crippen LogP contribution is 2.32.